The highest BCUT2D eigenvalue weighted by Crippen LogP contribution is 2.34. The van der Waals surface area contributed by atoms with Gasteiger partial charge in [0.2, 0.25) is 0 Å². The lowest BCUT2D eigenvalue weighted by Gasteiger charge is -2.25. The number of benzene rings is 1. The van der Waals surface area contributed by atoms with Gasteiger partial charge in [-0.3, -0.25) is 9.48 Å². The minimum Gasteiger partial charge on any atom is -0.330 e. The van der Waals surface area contributed by atoms with E-state index in [0.29, 0.717) is 5.69 Å². The van der Waals surface area contributed by atoms with E-state index in [1.54, 1.807) is 17.9 Å². The summed E-state index contributed by atoms with van der Waals surface area (Å²) in [7, 11) is 1.80. The van der Waals surface area contributed by atoms with Crippen molar-refractivity contribution in [2.75, 3.05) is 6.54 Å². The Balaban J connectivity index is 1.93. The molecule has 21 heavy (non-hydrogen) atoms. The molecule has 1 aliphatic rings. The third kappa shape index (κ3) is 2.62. The normalized spacial score (nSPS) is 18.2. The number of carbonyl (C=O) groups is 1. The summed E-state index contributed by atoms with van der Waals surface area (Å²) in [6.07, 6.45) is 3.73. The van der Waals surface area contributed by atoms with Crippen molar-refractivity contribution in [1.82, 2.24) is 14.7 Å². The van der Waals surface area contributed by atoms with Crippen LogP contribution < -0.4 is 0 Å². The first kappa shape index (κ1) is 14.3. The summed E-state index contributed by atoms with van der Waals surface area (Å²) in [5, 5.41) is 4.14. The van der Waals surface area contributed by atoms with Crippen LogP contribution in [-0.2, 0) is 7.05 Å². The summed E-state index contributed by atoms with van der Waals surface area (Å²) in [4.78, 5) is 14.8. The molecule has 4 nitrogen and oxygen atoms in total. The van der Waals surface area contributed by atoms with Crippen molar-refractivity contribution in [3.05, 3.63) is 51.8 Å². The summed E-state index contributed by atoms with van der Waals surface area (Å²) in [6.45, 7) is 2.89. The van der Waals surface area contributed by atoms with Crippen LogP contribution in [-0.4, -0.2) is 27.1 Å². The molecule has 3 rings (SSSR count). The molecule has 0 saturated carbocycles. The molecule has 1 aliphatic heterocycles. The molecule has 2 aromatic rings. The molecule has 1 amide bonds. The van der Waals surface area contributed by atoms with E-state index in [2.05, 4.69) is 52.2 Å². The smallest absolute Gasteiger partial charge is 0.273 e. The van der Waals surface area contributed by atoms with E-state index in [1.165, 1.54) is 11.1 Å². The number of likely N-dealkylation sites (tertiary alicyclic amines) is 1. The van der Waals surface area contributed by atoms with E-state index in [4.69, 9.17) is 0 Å². The highest BCUT2D eigenvalue weighted by atomic mass is 79.9. The molecular weight excluding hydrogens is 330 g/mol. The fourth-order valence-corrected chi connectivity index (χ4v) is 3.54. The Hall–Kier alpha value is -1.62. The first-order valence-corrected chi connectivity index (χ1v) is 7.92. The average Bonchev–Trinajstić information content (AvgIpc) is 3.05. The van der Waals surface area contributed by atoms with Crippen molar-refractivity contribution in [1.29, 1.82) is 0 Å². The Morgan fingerprint density at radius 3 is 2.90 bits per heavy atom. The number of hydrogen-bond donors (Lipinski definition) is 0. The second-order valence-electron chi connectivity index (χ2n) is 5.54. The number of amides is 1. The minimum absolute atomic E-state index is 0.0471. The van der Waals surface area contributed by atoms with Crippen molar-refractivity contribution in [3.63, 3.8) is 0 Å². The fraction of sp³-hybridized carbons (Fsp3) is 0.375. The average molecular weight is 348 g/mol. The molecular formula is C16H18BrN3O. The van der Waals surface area contributed by atoms with Gasteiger partial charge in [0.05, 0.1) is 16.7 Å². The molecule has 1 aromatic heterocycles. The number of carbonyl (C=O) groups excluding carboxylic acids is 1. The Morgan fingerprint density at radius 1 is 1.43 bits per heavy atom. The lowest BCUT2D eigenvalue weighted by Crippen LogP contribution is -2.32. The zero-order chi connectivity index (χ0) is 15.0. The van der Waals surface area contributed by atoms with Gasteiger partial charge in [-0.1, -0.05) is 29.8 Å². The molecule has 0 N–H and O–H groups in total. The van der Waals surface area contributed by atoms with Gasteiger partial charge >= 0.3 is 0 Å². The van der Waals surface area contributed by atoms with Crippen LogP contribution in [0, 0.1) is 6.92 Å². The van der Waals surface area contributed by atoms with E-state index in [9.17, 15) is 4.79 Å². The maximum absolute atomic E-state index is 12.9. The molecule has 0 bridgehead atoms. The molecule has 1 aromatic carbocycles. The van der Waals surface area contributed by atoms with Gasteiger partial charge in [0.25, 0.3) is 5.91 Å². The molecule has 1 unspecified atom stereocenters. The molecule has 1 atom stereocenters. The van der Waals surface area contributed by atoms with E-state index >= 15 is 0 Å². The van der Waals surface area contributed by atoms with E-state index in [-0.39, 0.29) is 11.9 Å². The maximum Gasteiger partial charge on any atom is 0.273 e. The van der Waals surface area contributed by atoms with Gasteiger partial charge in [0, 0.05) is 13.6 Å². The SMILES string of the molecule is Cc1cccc(C2CCCN2C(=O)c2c(Br)cnn2C)c1. The zero-order valence-electron chi connectivity index (χ0n) is 12.2. The van der Waals surface area contributed by atoms with E-state index in [0.717, 1.165) is 23.9 Å². The zero-order valence-corrected chi connectivity index (χ0v) is 13.8. The number of nitrogens with zero attached hydrogens (tertiary/aromatic N) is 3. The van der Waals surface area contributed by atoms with Gasteiger partial charge in [-0.25, -0.2) is 0 Å². The number of hydrogen-bond acceptors (Lipinski definition) is 2. The van der Waals surface area contributed by atoms with Crippen LogP contribution >= 0.6 is 15.9 Å². The monoisotopic (exact) mass is 347 g/mol. The number of halogens is 1. The van der Waals surface area contributed by atoms with Crippen LogP contribution in [0.4, 0.5) is 0 Å². The molecule has 0 spiro atoms. The second-order valence-corrected chi connectivity index (χ2v) is 6.39. The van der Waals surface area contributed by atoms with Crippen LogP contribution in [0.25, 0.3) is 0 Å². The summed E-state index contributed by atoms with van der Waals surface area (Å²) < 4.78 is 2.39. The van der Waals surface area contributed by atoms with Gasteiger partial charge in [-0.05, 0) is 41.3 Å². The molecule has 0 radical (unpaired) electrons. The maximum atomic E-state index is 12.9. The Bertz CT molecular complexity index is 660. The molecule has 5 heteroatoms. The molecule has 110 valence electrons. The van der Waals surface area contributed by atoms with E-state index < -0.39 is 0 Å². The van der Waals surface area contributed by atoms with Gasteiger partial charge in [-0.15, -0.1) is 0 Å². The van der Waals surface area contributed by atoms with Crippen molar-refractivity contribution in [2.45, 2.75) is 25.8 Å². The summed E-state index contributed by atoms with van der Waals surface area (Å²) in [6, 6.07) is 8.60. The van der Waals surface area contributed by atoms with Crippen LogP contribution in [0.5, 0.6) is 0 Å². The van der Waals surface area contributed by atoms with Crippen molar-refractivity contribution >= 4 is 21.8 Å². The topological polar surface area (TPSA) is 38.1 Å². The molecule has 0 aliphatic carbocycles. The van der Waals surface area contributed by atoms with Crippen molar-refractivity contribution in [2.24, 2.45) is 7.05 Å². The summed E-state index contributed by atoms with van der Waals surface area (Å²) in [5.74, 6) is 0.0471. The van der Waals surface area contributed by atoms with Crippen molar-refractivity contribution < 1.29 is 4.79 Å². The molecule has 1 saturated heterocycles. The number of rotatable bonds is 2. The Morgan fingerprint density at radius 2 is 2.24 bits per heavy atom. The molecule has 1 fully saturated rings. The van der Waals surface area contributed by atoms with Gasteiger partial charge in [0.15, 0.2) is 0 Å². The van der Waals surface area contributed by atoms with Gasteiger partial charge in [0.1, 0.15) is 5.69 Å². The Kier molecular flexibility index (Phi) is 3.85. The predicted octanol–water partition coefficient (Wildman–Crippen LogP) is 3.47. The minimum atomic E-state index is 0.0471. The lowest BCUT2D eigenvalue weighted by molar-refractivity contribution is 0.0723. The summed E-state index contributed by atoms with van der Waals surface area (Å²) in [5.41, 5.74) is 3.07. The van der Waals surface area contributed by atoms with E-state index in [1.807, 2.05) is 4.90 Å². The predicted molar refractivity (Wildman–Crippen MR) is 85.1 cm³/mol. The first-order chi connectivity index (χ1) is 10.1. The fourth-order valence-electron chi connectivity index (χ4n) is 3.02. The number of aryl methyl sites for hydroxylation is 2. The van der Waals surface area contributed by atoms with Gasteiger partial charge < -0.3 is 4.90 Å². The Labute approximate surface area is 132 Å². The highest BCUT2D eigenvalue weighted by Gasteiger charge is 2.32. The van der Waals surface area contributed by atoms with Crippen molar-refractivity contribution in [3.8, 4) is 0 Å². The third-order valence-electron chi connectivity index (χ3n) is 4.04. The third-order valence-corrected chi connectivity index (χ3v) is 4.62. The van der Waals surface area contributed by atoms with Crippen LogP contribution in [0.15, 0.2) is 34.9 Å². The standard InChI is InChI=1S/C16H18BrN3O/c1-11-5-3-6-12(9-11)14-7-4-8-20(14)16(21)15-13(17)10-18-19(15)2/h3,5-6,9-10,14H,4,7-8H2,1-2H3. The van der Waals surface area contributed by atoms with Crippen LogP contribution in [0.2, 0.25) is 0 Å². The second kappa shape index (κ2) is 5.64. The number of aromatic nitrogens is 2. The highest BCUT2D eigenvalue weighted by molar-refractivity contribution is 9.10. The first-order valence-electron chi connectivity index (χ1n) is 7.13. The van der Waals surface area contributed by atoms with Crippen LogP contribution in [0.3, 0.4) is 0 Å². The molecule has 2 heterocycles. The van der Waals surface area contributed by atoms with Crippen LogP contribution in [0.1, 0.15) is 40.5 Å². The quantitative estimate of drug-likeness (QED) is 0.834. The largest absolute Gasteiger partial charge is 0.330 e. The summed E-state index contributed by atoms with van der Waals surface area (Å²) >= 11 is 3.42. The lowest BCUT2D eigenvalue weighted by atomic mass is 10.0. The van der Waals surface area contributed by atoms with Gasteiger partial charge in [-0.2, -0.15) is 5.10 Å².